The fourth-order valence-corrected chi connectivity index (χ4v) is 2.72. The van der Waals surface area contributed by atoms with Crippen LogP contribution in [0.3, 0.4) is 0 Å². The lowest BCUT2D eigenvalue weighted by atomic mass is 10.2. The third kappa shape index (κ3) is 5.18. The highest BCUT2D eigenvalue weighted by Crippen LogP contribution is 2.34. The van der Waals surface area contributed by atoms with E-state index in [1.807, 2.05) is 0 Å². The molecule has 0 aromatic heterocycles. The van der Waals surface area contributed by atoms with E-state index in [1.54, 1.807) is 30.3 Å². The van der Waals surface area contributed by atoms with Crippen molar-refractivity contribution in [3.63, 3.8) is 0 Å². The van der Waals surface area contributed by atoms with Crippen LogP contribution >= 0.6 is 11.8 Å². The van der Waals surface area contributed by atoms with Crippen LogP contribution < -0.4 is 23.4 Å². The van der Waals surface area contributed by atoms with Gasteiger partial charge in [0.25, 0.3) is 5.91 Å². The van der Waals surface area contributed by atoms with E-state index in [0.29, 0.717) is 22.9 Å². The number of ether oxygens (including phenoxy) is 4. The Kier molecular flexibility index (Phi) is 7.99. The summed E-state index contributed by atoms with van der Waals surface area (Å²) < 4.78 is 21.5. The van der Waals surface area contributed by atoms with Crippen LogP contribution in [0.15, 0.2) is 46.6 Å². The van der Waals surface area contributed by atoms with Gasteiger partial charge in [0.15, 0.2) is 17.3 Å². The second kappa shape index (κ2) is 10.4. The first-order chi connectivity index (χ1) is 14.4. The number of azo groups is 1. The average molecular weight is 436 g/mol. The van der Waals surface area contributed by atoms with Crippen LogP contribution in [0.25, 0.3) is 0 Å². The van der Waals surface area contributed by atoms with E-state index in [2.05, 4.69) is 10.2 Å². The quantitative estimate of drug-likeness (QED) is 0.336. The topological polar surface area (TPSA) is 99.0 Å². The van der Waals surface area contributed by atoms with E-state index in [4.69, 9.17) is 30.7 Å². The summed E-state index contributed by atoms with van der Waals surface area (Å²) in [4.78, 5) is 24.9. The van der Waals surface area contributed by atoms with Crippen molar-refractivity contribution in [1.29, 1.82) is 0 Å². The van der Waals surface area contributed by atoms with Gasteiger partial charge in [-0.15, -0.1) is 0 Å². The van der Waals surface area contributed by atoms with Crippen molar-refractivity contribution in [3.05, 3.63) is 36.4 Å². The molecule has 30 heavy (non-hydrogen) atoms. The molecule has 160 valence electrons. The lowest BCUT2D eigenvalue weighted by molar-refractivity contribution is -0.126. The lowest BCUT2D eigenvalue weighted by Crippen LogP contribution is -2.36. The SMILES string of the molecule is COc1ccc(N(Cl)C(=O)C(N=Nc2ccc(OC)c(OC)c2)C(C)=O)c(OC)c1. The fraction of sp³-hybridized carbons (Fsp3) is 0.300. The molecule has 0 heterocycles. The van der Waals surface area contributed by atoms with Crippen LogP contribution in [0.4, 0.5) is 11.4 Å². The van der Waals surface area contributed by atoms with E-state index in [0.717, 1.165) is 4.42 Å². The van der Waals surface area contributed by atoms with Crippen molar-refractivity contribution in [2.75, 3.05) is 32.9 Å². The summed E-state index contributed by atoms with van der Waals surface area (Å²) in [5.74, 6) is 0.441. The number of halogens is 1. The fourth-order valence-electron chi connectivity index (χ4n) is 2.49. The Morgan fingerprint density at radius 3 is 2.13 bits per heavy atom. The minimum atomic E-state index is -1.44. The molecule has 0 saturated heterocycles. The second-order valence-electron chi connectivity index (χ2n) is 5.92. The monoisotopic (exact) mass is 435 g/mol. The zero-order chi connectivity index (χ0) is 22.3. The molecule has 9 nitrogen and oxygen atoms in total. The normalized spacial score (nSPS) is 11.7. The van der Waals surface area contributed by atoms with E-state index in [1.165, 1.54) is 41.4 Å². The number of rotatable bonds is 9. The summed E-state index contributed by atoms with van der Waals surface area (Å²) in [5.41, 5.74) is 0.604. The van der Waals surface area contributed by atoms with E-state index in [-0.39, 0.29) is 11.4 Å². The molecule has 0 aliphatic heterocycles. The third-order valence-corrected chi connectivity index (χ3v) is 4.42. The van der Waals surface area contributed by atoms with E-state index < -0.39 is 17.7 Å². The maximum atomic E-state index is 12.8. The highest BCUT2D eigenvalue weighted by atomic mass is 35.5. The third-order valence-electron chi connectivity index (χ3n) is 4.07. The Morgan fingerprint density at radius 1 is 0.900 bits per heavy atom. The molecule has 0 aliphatic rings. The molecule has 1 amide bonds. The molecule has 0 N–H and O–H groups in total. The summed E-state index contributed by atoms with van der Waals surface area (Å²) in [5, 5.41) is 7.89. The molecule has 1 atom stereocenters. The second-order valence-corrected chi connectivity index (χ2v) is 6.26. The first-order valence-electron chi connectivity index (χ1n) is 8.71. The van der Waals surface area contributed by atoms with Gasteiger partial charge < -0.3 is 18.9 Å². The Hall–Kier alpha value is -3.33. The minimum Gasteiger partial charge on any atom is -0.497 e. The highest BCUT2D eigenvalue weighted by Gasteiger charge is 2.30. The van der Waals surface area contributed by atoms with Crippen LogP contribution in [0.1, 0.15) is 6.92 Å². The van der Waals surface area contributed by atoms with Gasteiger partial charge in [-0.3, -0.25) is 9.59 Å². The van der Waals surface area contributed by atoms with Crippen molar-refractivity contribution < 1.29 is 28.5 Å². The van der Waals surface area contributed by atoms with Gasteiger partial charge in [0.2, 0.25) is 6.04 Å². The highest BCUT2D eigenvalue weighted by molar-refractivity contribution is 6.39. The largest absolute Gasteiger partial charge is 0.497 e. The molecule has 0 radical (unpaired) electrons. The van der Waals surface area contributed by atoms with Crippen molar-refractivity contribution in [2.45, 2.75) is 13.0 Å². The molecule has 2 aromatic rings. The number of amides is 1. The molecule has 0 fully saturated rings. The number of Topliss-reactive ketones (excluding diaryl/α,β-unsaturated/α-hetero) is 1. The average Bonchev–Trinajstić information content (AvgIpc) is 2.77. The predicted molar refractivity (Wildman–Crippen MR) is 111 cm³/mol. The zero-order valence-corrected chi connectivity index (χ0v) is 18.0. The molecule has 2 aromatic carbocycles. The maximum absolute atomic E-state index is 12.8. The van der Waals surface area contributed by atoms with E-state index >= 15 is 0 Å². The standard InChI is InChI=1S/C20H22ClN3O6/c1-12(25)19(23-22-13-6-9-16(28-3)18(10-13)30-5)20(26)24(21)15-8-7-14(27-2)11-17(15)29-4/h6-11,19H,1-5H3. The Labute approximate surface area is 179 Å². The Bertz CT molecular complexity index is 950. The minimum absolute atomic E-state index is 0.234. The lowest BCUT2D eigenvalue weighted by Gasteiger charge is -2.19. The molecular formula is C20H22ClN3O6. The first kappa shape index (κ1) is 23.0. The summed E-state index contributed by atoms with van der Waals surface area (Å²) >= 11 is 6.22. The summed E-state index contributed by atoms with van der Waals surface area (Å²) in [6.45, 7) is 1.23. The summed E-state index contributed by atoms with van der Waals surface area (Å²) in [6.07, 6.45) is 0. The van der Waals surface area contributed by atoms with Gasteiger partial charge in [0.1, 0.15) is 17.2 Å². The summed E-state index contributed by atoms with van der Waals surface area (Å²) in [7, 11) is 5.91. The van der Waals surface area contributed by atoms with Gasteiger partial charge in [-0.2, -0.15) is 10.2 Å². The number of carbonyl (C=O) groups excluding carboxylic acids is 2. The number of benzene rings is 2. The van der Waals surface area contributed by atoms with Crippen LogP contribution in [-0.4, -0.2) is 46.2 Å². The van der Waals surface area contributed by atoms with Gasteiger partial charge >= 0.3 is 0 Å². The van der Waals surface area contributed by atoms with Crippen LogP contribution in [0, 0.1) is 0 Å². The number of nitrogens with zero attached hydrogens (tertiary/aromatic N) is 3. The number of carbonyl (C=O) groups is 2. The molecule has 10 heteroatoms. The zero-order valence-electron chi connectivity index (χ0n) is 17.2. The van der Waals surface area contributed by atoms with Crippen LogP contribution in [0.2, 0.25) is 0 Å². The molecule has 0 bridgehead atoms. The van der Waals surface area contributed by atoms with Gasteiger partial charge in [0, 0.05) is 23.9 Å². The first-order valence-corrected chi connectivity index (χ1v) is 9.05. The van der Waals surface area contributed by atoms with Crippen molar-refractivity contribution in [2.24, 2.45) is 10.2 Å². The van der Waals surface area contributed by atoms with Crippen LogP contribution in [0.5, 0.6) is 23.0 Å². The van der Waals surface area contributed by atoms with Gasteiger partial charge in [-0.25, -0.2) is 4.42 Å². The smallest absolute Gasteiger partial charge is 0.276 e. The Morgan fingerprint density at radius 2 is 1.57 bits per heavy atom. The maximum Gasteiger partial charge on any atom is 0.276 e. The Balaban J connectivity index is 2.31. The molecule has 1 unspecified atom stereocenters. The number of anilines is 1. The van der Waals surface area contributed by atoms with Crippen molar-refractivity contribution in [3.8, 4) is 23.0 Å². The molecule has 0 spiro atoms. The van der Waals surface area contributed by atoms with Crippen molar-refractivity contribution >= 4 is 34.8 Å². The molecule has 0 aliphatic carbocycles. The number of methoxy groups -OCH3 is 4. The summed E-state index contributed by atoms with van der Waals surface area (Å²) in [6, 6.07) is 8.06. The van der Waals surface area contributed by atoms with Gasteiger partial charge in [0.05, 0.1) is 34.1 Å². The van der Waals surface area contributed by atoms with Crippen LogP contribution in [-0.2, 0) is 9.59 Å². The van der Waals surface area contributed by atoms with E-state index in [9.17, 15) is 9.59 Å². The predicted octanol–water partition coefficient (Wildman–Crippen LogP) is 3.95. The van der Waals surface area contributed by atoms with Crippen molar-refractivity contribution in [1.82, 2.24) is 0 Å². The number of ketones is 1. The van der Waals surface area contributed by atoms with Gasteiger partial charge in [-0.05, 0) is 31.2 Å². The molecular weight excluding hydrogens is 414 g/mol. The van der Waals surface area contributed by atoms with Gasteiger partial charge in [-0.1, -0.05) is 0 Å². The molecule has 2 rings (SSSR count). The molecule has 0 saturated carbocycles. The number of hydrogen-bond acceptors (Lipinski definition) is 8. The number of hydrogen-bond donors (Lipinski definition) is 0.